The number of rotatable bonds is 6. The number of pyridine rings is 1. The number of carbonyl (C=O) groups is 1. The zero-order chi connectivity index (χ0) is 13.0. The Morgan fingerprint density at radius 3 is 2.83 bits per heavy atom. The molecule has 1 fully saturated rings. The fourth-order valence-electron chi connectivity index (χ4n) is 1.87. The zero-order valence-electron chi connectivity index (χ0n) is 10.6. The van der Waals surface area contributed by atoms with Crippen LogP contribution in [0.1, 0.15) is 25.5 Å². The second-order valence-corrected chi connectivity index (χ2v) is 4.39. The van der Waals surface area contributed by atoms with E-state index in [0.717, 1.165) is 25.1 Å². The molecule has 1 aliphatic rings. The highest BCUT2D eigenvalue weighted by Crippen LogP contribution is 2.26. The van der Waals surface area contributed by atoms with Crippen molar-refractivity contribution in [1.82, 2.24) is 9.88 Å². The van der Waals surface area contributed by atoms with E-state index in [1.54, 1.807) is 18.3 Å². The molecule has 1 amide bonds. The molecule has 18 heavy (non-hydrogen) atoms. The molecule has 0 aromatic carbocycles. The molecule has 5 nitrogen and oxygen atoms in total. The maximum atomic E-state index is 11.9. The van der Waals surface area contributed by atoms with Crippen LogP contribution in [0.4, 0.5) is 0 Å². The highest BCUT2D eigenvalue weighted by atomic mass is 16.5. The third-order valence-corrected chi connectivity index (χ3v) is 3.02. The molecule has 2 N–H and O–H groups in total. The predicted molar refractivity (Wildman–Crippen MR) is 68.0 cm³/mol. The van der Waals surface area contributed by atoms with E-state index in [-0.39, 0.29) is 12.5 Å². The van der Waals surface area contributed by atoms with Gasteiger partial charge in [0.25, 0.3) is 5.91 Å². The van der Waals surface area contributed by atoms with Gasteiger partial charge in [0.05, 0.1) is 11.9 Å². The topological polar surface area (TPSA) is 68.5 Å². The fraction of sp³-hybridized carbons (Fsp3) is 0.538. The second-order valence-electron chi connectivity index (χ2n) is 4.39. The number of likely N-dealkylation sites (N-methyl/N-ethyl adjacent to an activating group) is 1. The monoisotopic (exact) mass is 249 g/mol. The van der Waals surface area contributed by atoms with Gasteiger partial charge in [0, 0.05) is 19.1 Å². The number of amides is 1. The van der Waals surface area contributed by atoms with Gasteiger partial charge in [-0.05, 0) is 31.9 Å². The molecule has 1 saturated carbocycles. The van der Waals surface area contributed by atoms with E-state index in [1.165, 1.54) is 0 Å². The molecule has 98 valence electrons. The van der Waals surface area contributed by atoms with Crippen molar-refractivity contribution in [2.45, 2.75) is 32.4 Å². The summed E-state index contributed by atoms with van der Waals surface area (Å²) in [5.74, 6) is 0.648. The Balaban J connectivity index is 1.84. The third-order valence-electron chi connectivity index (χ3n) is 3.02. The van der Waals surface area contributed by atoms with E-state index in [1.807, 2.05) is 11.8 Å². The van der Waals surface area contributed by atoms with Gasteiger partial charge in [0.1, 0.15) is 5.75 Å². The van der Waals surface area contributed by atoms with Crippen LogP contribution in [0.5, 0.6) is 5.75 Å². The molecule has 0 radical (unpaired) electrons. The van der Waals surface area contributed by atoms with Crippen LogP contribution in [0.25, 0.3) is 0 Å². The molecule has 1 heterocycles. The SMILES string of the molecule is CCN(C(=O)COc1ccc(CN)nc1)C1CC1. The van der Waals surface area contributed by atoms with Gasteiger partial charge < -0.3 is 15.4 Å². The minimum Gasteiger partial charge on any atom is -0.482 e. The van der Waals surface area contributed by atoms with Gasteiger partial charge in [-0.1, -0.05) is 0 Å². The number of carbonyl (C=O) groups excluding carboxylic acids is 1. The Bertz CT molecular complexity index is 401. The van der Waals surface area contributed by atoms with Crippen molar-refractivity contribution in [2.24, 2.45) is 5.73 Å². The molecule has 1 aromatic rings. The first kappa shape index (κ1) is 12.8. The van der Waals surface area contributed by atoms with Gasteiger partial charge >= 0.3 is 0 Å². The van der Waals surface area contributed by atoms with Crippen molar-refractivity contribution in [3.05, 3.63) is 24.0 Å². The van der Waals surface area contributed by atoms with Gasteiger partial charge in [-0.25, -0.2) is 0 Å². The zero-order valence-corrected chi connectivity index (χ0v) is 10.6. The van der Waals surface area contributed by atoms with Crippen LogP contribution in [0.2, 0.25) is 0 Å². The Kier molecular flexibility index (Phi) is 4.15. The summed E-state index contributed by atoms with van der Waals surface area (Å²) in [5, 5.41) is 0. The summed E-state index contributed by atoms with van der Waals surface area (Å²) in [5.41, 5.74) is 6.26. The number of nitrogens with two attached hydrogens (primary N) is 1. The van der Waals surface area contributed by atoms with Crippen molar-refractivity contribution in [3.8, 4) is 5.75 Å². The molecule has 1 aliphatic carbocycles. The summed E-state index contributed by atoms with van der Waals surface area (Å²) in [7, 11) is 0. The molecular formula is C13H19N3O2. The highest BCUT2D eigenvalue weighted by molar-refractivity contribution is 5.78. The molecule has 0 saturated heterocycles. The maximum Gasteiger partial charge on any atom is 0.260 e. The molecule has 0 unspecified atom stereocenters. The van der Waals surface area contributed by atoms with Gasteiger partial charge in [-0.2, -0.15) is 0 Å². The van der Waals surface area contributed by atoms with Crippen molar-refractivity contribution >= 4 is 5.91 Å². The molecule has 2 rings (SSSR count). The predicted octanol–water partition coefficient (Wildman–Crippen LogP) is 0.930. The van der Waals surface area contributed by atoms with Crippen molar-refractivity contribution < 1.29 is 9.53 Å². The summed E-state index contributed by atoms with van der Waals surface area (Å²) in [6, 6.07) is 4.03. The lowest BCUT2D eigenvalue weighted by Crippen LogP contribution is -2.36. The summed E-state index contributed by atoms with van der Waals surface area (Å²) in [4.78, 5) is 17.9. The first-order valence-electron chi connectivity index (χ1n) is 6.32. The molecule has 0 atom stereocenters. The van der Waals surface area contributed by atoms with E-state index in [4.69, 9.17) is 10.5 Å². The molecular weight excluding hydrogens is 230 g/mol. The van der Waals surface area contributed by atoms with Crippen LogP contribution >= 0.6 is 0 Å². The minimum absolute atomic E-state index is 0.0444. The van der Waals surface area contributed by atoms with Crippen molar-refractivity contribution in [2.75, 3.05) is 13.2 Å². The Morgan fingerprint density at radius 1 is 1.56 bits per heavy atom. The normalized spacial score (nSPS) is 14.3. The largest absolute Gasteiger partial charge is 0.482 e. The van der Waals surface area contributed by atoms with Crippen LogP contribution in [-0.2, 0) is 11.3 Å². The van der Waals surface area contributed by atoms with Crippen LogP contribution in [0.3, 0.4) is 0 Å². The molecule has 5 heteroatoms. The van der Waals surface area contributed by atoms with Crippen LogP contribution in [0.15, 0.2) is 18.3 Å². The lowest BCUT2D eigenvalue weighted by Gasteiger charge is -2.20. The quantitative estimate of drug-likeness (QED) is 0.814. The number of hydrogen-bond donors (Lipinski definition) is 1. The first-order valence-corrected chi connectivity index (χ1v) is 6.32. The van der Waals surface area contributed by atoms with Crippen LogP contribution in [-0.4, -0.2) is 35.0 Å². The lowest BCUT2D eigenvalue weighted by molar-refractivity contribution is -0.133. The smallest absolute Gasteiger partial charge is 0.260 e. The second kappa shape index (κ2) is 5.82. The van der Waals surface area contributed by atoms with Gasteiger partial charge in [0.2, 0.25) is 0 Å². The highest BCUT2D eigenvalue weighted by Gasteiger charge is 2.31. The average molecular weight is 249 g/mol. The Hall–Kier alpha value is -1.62. The van der Waals surface area contributed by atoms with E-state index >= 15 is 0 Å². The molecule has 0 bridgehead atoms. The van der Waals surface area contributed by atoms with E-state index < -0.39 is 0 Å². The van der Waals surface area contributed by atoms with E-state index in [2.05, 4.69) is 4.98 Å². The Morgan fingerprint density at radius 2 is 2.33 bits per heavy atom. The van der Waals surface area contributed by atoms with Crippen LogP contribution < -0.4 is 10.5 Å². The summed E-state index contributed by atoms with van der Waals surface area (Å²) in [6.07, 6.45) is 3.83. The molecule has 1 aromatic heterocycles. The fourth-order valence-corrected chi connectivity index (χ4v) is 1.87. The van der Waals surface area contributed by atoms with E-state index in [0.29, 0.717) is 18.3 Å². The van der Waals surface area contributed by atoms with Crippen LogP contribution in [0, 0.1) is 0 Å². The Labute approximate surface area is 107 Å². The van der Waals surface area contributed by atoms with Gasteiger partial charge in [-0.15, -0.1) is 0 Å². The standard InChI is InChI=1S/C13H19N3O2/c1-2-16(11-4-5-11)13(17)9-18-12-6-3-10(7-14)15-8-12/h3,6,8,11H,2,4-5,7,9,14H2,1H3. The summed E-state index contributed by atoms with van der Waals surface area (Å²) >= 11 is 0. The molecule has 0 spiro atoms. The van der Waals surface area contributed by atoms with Gasteiger partial charge in [0.15, 0.2) is 6.61 Å². The average Bonchev–Trinajstić information content (AvgIpc) is 3.22. The third kappa shape index (κ3) is 3.20. The molecule has 0 aliphatic heterocycles. The number of nitrogens with zero attached hydrogens (tertiary/aromatic N) is 2. The summed E-state index contributed by atoms with van der Waals surface area (Å²) in [6.45, 7) is 3.23. The van der Waals surface area contributed by atoms with E-state index in [9.17, 15) is 4.79 Å². The number of ether oxygens (including phenoxy) is 1. The number of aromatic nitrogens is 1. The lowest BCUT2D eigenvalue weighted by atomic mass is 10.3. The first-order chi connectivity index (χ1) is 8.74. The van der Waals surface area contributed by atoms with Crippen molar-refractivity contribution in [1.29, 1.82) is 0 Å². The van der Waals surface area contributed by atoms with Gasteiger partial charge in [-0.3, -0.25) is 9.78 Å². The maximum absolute atomic E-state index is 11.9. The van der Waals surface area contributed by atoms with Crippen molar-refractivity contribution in [3.63, 3.8) is 0 Å². The minimum atomic E-state index is 0.0444. The number of hydrogen-bond acceptors (Lipinski definition) is 4. The summed E-state index contributed by atoms with van der Waals surface area (Å²) < 4.78 is 5.43.